The molecule has 0 radical (unpaired) electrons. The molecule has 0 unspecified atom stereocenters. The van der Waals surface area contributed by atoms with E-state index in [-0.39, 0.29) is 11.5 Å². The van der Waals surface area contributed by atoms with Crippen molar-refractivity contribution >= 4 is 40.1 Å². The molecular weight excluding hydrogens is 374 g/mol. The third-order valence-electron chi connectivity index (χ3n) is 4.10. The van der Waals surface area contributed by atoms with Crippen LogP contribution in [0.15, 0.2) is 59.4 Å². The fraction of sp³-hybridized carbons (Fsp3) is 0.143. The standard InChI is InChI=1S/C21H19N3O5/c1-12(20(27)23-15-9-7-14(8-10-15)22-13(2)25)29-21(28)17-11-19(26)24-18-6-4-3-5-16(17)18/h3-12H,1-2H3,(H,22,25)(H,23,27)(H,24,26)/t12-/m0/s1. The number of hydrogen-bond acceptors (Lipinski definition) is 5. The molecule has 148 valence electrons. The number of para-hydroxylation sites is 1. The number of fused-ring (bicyclic) bond motifs is 1. The summed E-state index contributed by atoms with van der Waals surface area (Å²) in [5.74, 6) is -1.50. The number of benzene rings is 2. The Morgan fingerprint density at radius 3 is 2.24 bits per heavy atom. The molecule has 0 saturated heterocycles. The molecule has 0 aliphatic heterocycles. The number of carbonyl (C=O) groups excluding carboxylic acids is 3. The molecule has 0 spiro atoms. The fourth-order valence-electron chi connectivity index (χ4n) is 2.74. The number of amides is 2. The van der Waals surface area contributed by atoms with E-state index in [9.17, 15) is 19.2 Å². The van der Waals surface area contributed by atoms with Gasteiger partial charge in [-0.15, -0.1) is 0 Å². The van der Waals surface area contributed by atoms with Gasteiger partial charge >= 0.3 is 5.97 Å². The number of ether oxygens (including phenoxy) is 1. The maximum absolute atomic E-state index is 12.5. The van der Waals surface area contributed by atoms with E-state index in [1.807, 2.05) is 0 Å². The Kier molecular flexibility index (Phi) is 5.73. The van der Waals surface area contributed by atoms with E-state index in [2.05, 4.69) is 15.6 Å². The smallest absolute Gasteiger partial charge is 0.339 e. The zero-order chi connectivity index (χ0) is 21.0. The summed E-state index contributed by atoms with van der Waals surface area (Å²) in [6.45, 7) is 2.84. The van der Waals surface area contributed by atoms with Crippen LogP contribution in [0.3, 0.4) is 0 Å². The number of carbonyl (C=O) groups is 3. The number of pyridine rings is 1. The number of rotatable bonds is 5. The van der Waals surface area contributed by atoms with Gasteiger partial charge in [-0.25, -0.2) is 4.79 Å². The van der Waals surface area contributed by atoms with Gasteiger partial charge in [0.25, 0.3) is 5.91 Å². The predicted molar refractivity (Wildman–Crippen MR) is 109 cm³/mol. The minimum Gasteiger partial charge on any atom is -0.449 e. The van der Waals surface area contributed by atoms with Gasteiger partial charge in [0.1, 0.15) is 0 Å². The van der Waals surface area contributed by atoms with Gasteiger partial charge in [0.15, 0.2) is 6.10 Å². The number of hydrogen-bond donors (Lipinski definition) is 3. The van der Waals surface area contributed by atoms with Crippen molar-refractivity contribution in [3.8, 4) is 0 Å². The predicted octanol–water partition coefficient (Wildman–Crippen LogP) is 2.67. The monoisotopic (exact) mass is 393 g/mol. The van der Waals surface area contributed by atoms with Crippen LogP contribution in [0.25, 0.3) is 10.9 Å². The van der Waals surface area contributed by atoms with E-state index in [1.54, 1.807) is 48.5 Å². The van der Waals surface area contributed by atoms with Crippen LogP contribution < -0.4 is 16.2 Å². The van der Waals surface area contributed by atoms with Crippen LogP contribution in [0.4, 0.5) is 11.4 Å². The summed E-state index contributed by atoms with van der Waals surface area (Å²) in [6.07, 6.45) is -1.09. The second-order valence-corrected chi connectivity index (χ2v) is 6.39. The number of esters is 1. The van der Waals surface area contributed by atoms with Gasteiger partial charge in [0.05, 0.1) is 5.56 Å². The van der Waals surface area contributed by atoms with E-state index >= 15 is 0 Å². The maximum atomic E-state index is 12.5. The summed E-state index contributed by atoms with van der Waals surface area (Å²) in [4.78, 5) is 50.3. The van der Waals surface area contributed by atoms with Crippen LogP contribution in [-0.2, 0) is 14.3 Å². The maximum Gasteiger partial charge on any atom is 0.339 e. The number of aromatic nitrogens is 1. The van der Waals surface area contributed by atoms with Crippen molar-refractivity contribution in [1.29, 1.82) is 0 Å². The molecule has 3 aromatic rings. The van der Waals surface area contributed by atoms with E-state index < -0.39 is 23.5 Å². The quantitative estimate of drug-likeness (QED) is 0.576. The second kappa shape index (κ2) is 8.39. The Morgan fingerprint density at radius 1 is 0.966 bits per heavy atom. The first-order valence-corrected chi connectivity index (χ1v) is 8.85. The number of anilines is 2. The third-order valence-corrected chi connectivity index (χ3v) is 4.10. The molecule has 1 heterocycles. The van der Waals surface area contributed by atoms with Crippen LogP contribution in [0.1, 0.15) is 24.2 Å². The molecule has 2 aromatic carbocycles. The van der Waals surface area contributed by atoms with E-state index in [0.29, 0.717) is 22.3 Å². The van der Waals surface area contributed by atoms with Crippen LogP contribution in [0, 0.1) is 0 Å². The lowest BCUT2D eigenvalue weighted by Crippen LogP contribution is -2.30. The normalized spacial score (nSPS) is 11.5. The van der Waals surface area contributed by atoms with Gasteiger partial charge in [-0.2, -0.15) is 0 Å². The van der Waals surface area contributed by atoms with Crippen molar-refractivity contribution in [2.24, 2.45) is 0 Å². The topological polar surface area (TPSA) is 117 Å². The molecule has 29 heavy (non-hydrogen) atoms. The molecule has 0 bridgehead atoms. The highest BCUT2D eigenvalue weighted by molar-refractivity contribution is 6.04. The van der Waals surface area contributed by atoms with Crippen LogP contribution in [0.5, 0.6) is 0 Å². The Labute approximate surface area is 165 Å². The summed E-state index contributed by atoms with van der Waals surface area (Å²) in [7, 11) is 0. The van der Waals surface area contributed by atoms with Gasteiger partial charge in [-0.05, 0) is 37.3 Å². The number of aromatic amines is 1. The lowest BCUT2D eigenvalue weighted by molar-refractivity contribution is -0.123. The Morgan fingerprint density at radius 2 is 1.59 bits per heavy atom. The molecule has 3 N–H and O–H groups in total. The molecule has 1 aromatic heterocycles. The second-order valence-electron chi connectivity index (χ2n) is 6.39. The minimum absolute atomic E-state index is 0.0867. The van der Waals surface area contributed by atoms with Crippen LogP contribution in [0.2, 0.25) is 0 Å². The summed E-state index contributed by atoms with van der Waals surface area (Å²) in [6, 6.07) is 14.5. The first-order chi connectivity index (χ1) is 13.8. The molecule has 1 atom stereocenters. The summed E-state index contributed by atoms with van der Waals surface area (Å²) < 4.78 is 5.25. The number of nitrogens with one attached hydrogen (secondary N) is 3. The van der Waals surface area contributed by atoms with Gasteiger partial charge in [-0.3, -0.25) is 14.4 Å². The molecule has 8 heteroatoms. The summed E-state index contributed by atoms with van der Waals surface area (Å²) in [5.41, 5.74) is 1.23. The lowest BCUT2D eigenvalue weighted by Gasteiger charge is -2.14. The SMILES string of the molecule is CC(=O)Nc1ccc(NC(=O)[C@H](C)OC(=O)c2cc(=O)[nH]c3ccccc23)cc1. The molecule has 0 aliphatic carbocycles. The highest BCUT2D eigenvalue weighted by Gasteiger charge is 2.21. The van der Waals surface area contributed by atoms with Crippen LogP contribution in [-0.4, -0.2) is 28.9 Å². The Bertz CT molecular complexity index is 1140. The van der Waals surface area contributed by atoms with Crippen molar-refractivity contribution in [3.05, 3.63) is 70.5 Å². The first-order valence-electron chi connectivity index (χ1n) is 8.85. The molecule has 0 aliphatic rings. The molecule has 8 nitrogen and oxygen atoms in total. The highest BCUT2D eigenvalue weighted by Crippen LogP contribution is 2.17. The van der Waals surface area contributed by atoms with Crippen molar-refractivity contribution < 1.29 is 19.1 Å². The zero-order valence-corrected chi connectivity index (χ0v) is 15.8. The largest absolute Gasteiger partial charge is 0.449 e. The Balaban J connectivity index is 1.69. The summed E-state index contributed by atoms with van der Waals surface area (Å²) in [5, 5.41) is 5.78. The van der Waals surface area contributed by atoms with Crippen molar-refractivity contribution in [2.45, 2.75) is 20.0 Å². The Hall–Kier alpha value is -3.94. The zero-order valence-electron chi connectivity index (χ0n) is 15.8. The fourth-order valence-corrected chi connectivity index (χ4v) is 2.74. The lowest BCUT2D eigenvalue weighted by atomic mass is 10.1. The molecule has 0 fully saturated rings. The van der Waals surface area contributed by atoms with Crippen LogP contribution >= 0.6 is 0 Å². The summed E-state index contributed by atoms with van der Waals surface area (Å²) >= 11 is 0. The van der Waals surface area contributed by atoms with Crippen molar-refractivity contribution in [1.82, 2.24) is 4.98 Å². The average molecular weight is 393 g/mol. The minimum atomic E-state index is -1.09. The van der Waals surface area contributed by atoms with E-state index in [4.69, 9.17) is 4.74 Å². The average Bonchev–Trinajstić information content (AvgIpc) is 2.68. The molecule has 0 saturated carbocycles. The van der Waals surface area contributed by atoms with Gasteiger partial charge < -0.3 is 20.4 Å². The van der Waals surface area contributed by atoms with Crippen molar-refractivity contribution in [3.63, 3.8) is 0 Å². The number of H-pyrrole nitrogens is 1. The third kappa shape index (κ3) is 4.86. The van der Waals surface area contributed by atoms with Crippen molar-refractivity contribution in [2.75, 3.05) is 10.6 Å². The molecule has 3 rings (SSSR count). The molecular formula is C21H19N3O5. The van der Waals surface area contributed by atoms with Gasteiger partial charge in [-0.1, -0.05) is 18.2 Å². The van der Waals surface area contributed by atoms with E-state index in [0.717, 1.165) is 6.07 Å². The van der Waals surface area contributed by atoms with E-state index in [1.165, 1.54) is 13.8 Å². The molecule has 2 amide bonds. The highest BCUT2D eigenvalue weighted by atomic mass is 16.5. The van der Waals surface area contributed by atoms with Gasteiger partial charge in [0.2, 0.25) is 11.5 Å². The first kappa shape index (κ1) is 19.8. The van der Waals surface area contributed by atoms with Gasteiger partial charge in [0, 0.05) is 35.3 Å².